The minimum absolute atomic E-state index is 0.183. The number of oxime groups is 1. The van der Waals surface area contributed by atoms with Crippen molar-refractivity contribution in [3.8, 4) is 0 Å². The van der Waals surface area contributed by atoms with Gasteiger partial charge in [0.05, 0.1) is 29.6 Å². The minimum Gasteiger partial charge on any atom is -0.411 e. The second-order valence-corrected chi connectivity index (χ2v) is 5.68. The summed E-state index contributed by atoms with van der Waals surface area (Å²) in [4.78, 5) is 4.41. The van der Waals surface area contributed by atoms with Crippen LogP contribution in [0.2, 0.25) is 0 Å². The molecule has 1 aliphatic carbocycles. The number of aliphatic hydroxyl groups excluding tert-OH is 1. The molecule has 0 aliphatic heterocycles. The van der Waals surface area contributed by atoms with E-state index >= 15 is 0 Å². The summed E-state index contributed by atoms with van der Waals surface area (Å²) in [6.45, 7) is 2.77. The van der Waals surface area contributed by atoms with E-state index in [-0.39, 0.29) is 6.10 Å². The normalized spacial score (nSPS) is 22.5. The monoisotopic (exact) mass is 303 g/mol. The van der Waals surface area contributed by atoms with Crippen LogP contribution in [0.3, 0.4) is 0 Å². The Kier molecular flexibility index (Phi) is 4.24. The molecule has 0 aromatic carbocycles. The molecule has 0 radical (unpaired) electrons. The molecule has 3 rings (SSSR count). The molecule has 0 atom stereocenters. The van der Waals surface area contributed by atoms with Crippen molar-refractivity contribution in [3.63, 3.8) is 0 Å². The van der Waals surface area contributed by atoms with E-state index in [0.29, 0.717) is 6.04 Å². The highest BCUT2D eigenvalue weighted by atomic mass is 16.4. The van der Waals surface area contributed by atoms with E-state index in [9.17, 15) is 5.11 Å². The Morgan fingerprint density at radius 3 is 2.82 bits per heavy atom. The molecular weight excluding hydrogens is 282 g/mol. The Hall–Kier alpha value is -2.15. The molecule has 1 aliphatic rings. The van der Waals surface area contributed by atoms with Crippen LogP contribution in [-0.2, 0) is 6.54 Å². The number of aryl methyl sites for hydroxylation is 1. The number of hydrogen-bond donors (Lipinski definition) is 3. The van der Waals surface area contributed by atoms with E-state index in [2.05, 4.69) is 20.6 Å². The summed E-state index contributed by atoms with van der Waals surface area (Å²) >= 11 is 0. The molecule has 0 bridgehead atoms. The number of rotatable bonds is 4. The topological polar surface area (TPSA) is 95.6 Å². The van der Waals surface area contributed by atoms with Gasteiger partial charge < -0.3 is 15.6 Å². The average Bonchev–Trinajstić information content (AvgIpc) is 2.95. The number of hydrogen-bond acceptors (Lipinski definition) is 6. The van der Waals surface area contributed by atoms with Crippen molar-refractivity contribution in [2.45, 2.75) is 51.3 Å². The number of aliphatic hydroxyl groups is 1. The van der Waals surface area contributed by atoms with Gasteiger partial charge in [-0.25, -0.2) is 9.67 Å². The largest absolute Gasteiger partial charge is 0.411 e. The van der Waals surface area contributed by atoms with Crippen molar-refractivity contribution >= 4 is 22.9 Å². The first-order chi connectivity index (χ1) is 10.7. The highest BCUT2D eigenvalue weighted by Crippen LogP contribution is 2.29. The first-order valence-electron chi connectivity index (χ1n) is 7.69. The van der Waals surface area contributed by atoms with Crippen molar-refractivity contribution in [3.05, 3.63) is 18.0 Å². The number of pyridine rings is 1. The van der Waals surface area contributed by atoms with Gasteiger partial charge in [-0.05, 0) is 32.6 Å². The van der Waals surface area contributed by atoms with Gasteiger partial charge in [-0.3, -0.25) is 0 Å². The molecule has 0 unspecified atom stereocenters. The molecule has 2 aromatic rings. The van der Waals surface area contributed by atoms with Crippen LogP contribution in [0.1, 0.15) is 38.2 Å². The molecule has 3 N–H and O–H groups in total. The predicted molar refractivity (Wildman–Crippen MR) is 84.5 cm³/mol. The standard InChI is InChI=1S/C15H21N5O2/c1-2-20-15-13(9-17-20)14(10(7-16-15)8-18-22)19-11-3-5-12(21)6-4-11/h7-9,11-12,21-22H,2-6H2,1H3,(H,16,19)/b18-8+. The zero-order valence-electron chi connectivity index (χ0n) is 12.6. The van der Waals surface area contributed by atoms with Crippen LogP contribution >= 0.6 is 0 Å². The zero-order chi connectivity index (χ0) is 15.5. The third kappa shape index (κ3) is 2.76. The molecule has 0 amide bonds. The molecule has 22 heavy (non-hydrogen) atoms. The molecule has 2 aromatic heterocycles. The maximum atomic E-state index is 9.63. The lowest BCUT2D eigenvalue weighted by Crippen LogP contribution is -2.28. The van der Waals surface area contributed by atoms with Crippen LogP contribution in [0.4, 0.5) is 5.69 Å². The predicted octanol–water partition coefficient (Wildman–Crippen LogP) is 1.97. The SMILES string of the molecule is CCn1ncc2c(NC3CCC(O)CC3)c(/C=N/O)cnc21. The van der Waals surface area contributed by atoms with Gasteiger partial charge in [0.1, 0.15) is 0 Å². The lowest BCUT2D eigenvalue weighted by atomic mass is 9.92. The third-order valence-corrected chi connectivity index (χ3v) is 4.24. The van der Waals surface area contributed by atoms with Crippen LogP contribution in [0.25, 0.3) is 11.0 Å². The van der Waals surface area contributed by atoms with Crippen molar-refractivity contribution in [1.29, 1.82) is 0 Å². The van der Waals surface area contributed by atoms with Gasteiger partial charge in [0, 0.05) is 24.3 Å². The van der Waals surface area contributed by atoms with Crippen molar-refractivity contribution in [1.82, 2.24) is 14.8 Å². The van der Waals surface area contributed by atoms with Crippen LogP contribution in [0, 0.1) is 0 Å². The Morgan fingerprint density at radius 2 is 2.14 bits per heavy atom. The fourth-order valence-electron chi connectivity index (χ4n) is 3.02. The van der Waals surface area contributed by atoms with Gasteiger partial charge >= 0.3 is 0 Å². The lowest BCUT2D eigenvalue weighted by molar-refractivity contribution is 0.126. The highest BCUT2D eigenvalue weighted by Gasteiger charge is 2.21. The van der Waals surface area contributed by atoms with Crippen LogP contribution in [0.15, 0.2) is 17.5 Å². The Labute approximate surface area is 128 Å². The molecule has 0 saturated heterocycles. The van der Waals surface area contributed by atoms with Crippen molar-refractivity contribution in [2.75, 3.05) is 5.32 Å². The molecule has 7 nitrogen and oxygen atoms in total. The number of nitrogens with one attached hydrogen (secondary N) is 1. The molecule has 7 heteroatoms. The summed E-state index contributed by atoms with van der Waals surface area (Å²) < 4.78 is 1.84. The summed E-state index contributed by atoms with van der Waals surface area (Å²) in [5.41, 5.74) is 2.44. The first kappa shape index (κ1) is 14.8. The fraction of sp³-hybridized carbons (Fsp3) is 0.533. The zero-order valence-corrected chi connectivity index (χ0v) is 12.6. The summed E-state index contributed by atoms with van der Waals surface area (Å²) in [5, 5.41) is 30.4. The number of anilines is 1. The molecule has 2 heterocycles. The maximum Gasteiger partial charge on any atom is 0.159 e. The van der Waals surface area contributed by atoms with Gasteiger partial charge in [-0.1, -0.05) is 5.16 Å². The number of aromatic nitrogens is 3. The van der Waals surface area contributed by atoms with Gasteiger partial charge in [0.15, 0.2) is 5.65 Å². The van der Waals surface area contributed by atoms with Gasteiger partial charge in [0.25, 0.3) is 0 Å². The third-order valence-electron chi connectivity index (χ3n) is 4.24. The minimum atomic E-state index is -0.183. The van der Waals surface area contributed by atoms with Crippen LogP contribution in [-0.4, -0.2) is 43.4 Å². The number of nitrogens with zero attached hydrogens (tertiary/aromatic N) is 4. The lowest BCUT2D eigenvalue weighted by Gasteiger charge is -2.27. The fourth-order valence-corrected chi connectivity index (χ4v) is 3.02. The Balaban J connectivity index is 1.97. The summed E-state index contributed by atoms with van der Waals surface area (Å²) in [5.74, 6) is 0. The molecule has 1 saturated carbocycles. The summed E-state index contributed by atoms with van der Waals surface area (Å²) in [6.07, 6.45) is 8.14. The van der Waals surface area contributed by atoms with Gasteiger partial charge in [-0.15, -0.1) is 0 Å². The maximum absolute atomic E-state index is 9.63. The number of fused-ring (bicyclic) bond motifs is 1. The van der Waals surface area contributed by atoms with E-state index in [1.807, 2.05) is 11.6 Å². The van der Waals surface area contributed by atoms with Crippen LogP contribution < -0.4 is 5.32 Å². The molecule has 1 fully saturated rings. The Bertz CT molecular complexity index is 674. The summed E-state index contributed by atoms with van der Waals surface area (Å²) in [7, 11) is 0. The second kappa shape index (κ2) is 6.31. The second-order valence-electron chi connectivity index (χ2n) is 5.68. The highest BCUT2D eigenvalue weighted by molar-refractivity contribution is 6.00. The van der Waals surface area contributed by atoms with E-state index < -0.39 is 0 Å². The van der Waals surface area contributed by atoms with E-state index in [1.165, 1.54) is 6.21 Å². The quantitative estimate of drug-likeness (QED) is 0.456. The van der Waals surface area contributed by atoms with E-state index in [0.717, 1.165) is 54.5 Å². The first-order valence-corrected chi connectivity index (χ1v) is 7.69. The van der Waals surface area contributed by atoms with Gasteiger partial charge in [0.2, 0.25) is 0 Å². The Morgan fingerprint density at radius 1 is 1.36 bits per heavy atom. The van der Waals surface area contributed by atoms with E-state index in [1.54, 1.807) is 12.4 Å². The van der Waals surface area contributed by atoms with Gasteiger partial charge in [-0.2, -0.15) is 5.10 Å². The average molecular weight is 303 g/mol. The van der Waals surface area contributed by atoms with E-state index in [4.69, 9.17) is 5.21 Å². The smallest absolute Gasteiger partial charge is 0.159 e. The van der Waals surface area contributed by atoms with Crippen LogP contribution in [0.5, 0.6) is 0 Å². The van der Waals surface area contributed by atoms with Crippen molar-refractivity contribution < 1.29 is 10.3 Å². The van der Waals surface area contributed by atoms with Crippen molar-refractivity contribution in [2.24, 2.45) is 5.16 Å². The molecule has 0 spiro atoms. The molecular formula is C15H21N5O2. The molecule has 118 valence electrons. The summed E-state index contributed by atoms with van der Waals surface area (Å²) in [6, 6.07) is 0.296.